The Kier molecular flexibility index (Phi) is 8.10. The van der Waals surface area contributed by atoms with E-state index < -0.39 is 12.0 Å². The molecule has 3 rings (SSSR count). The van der Waals surface area contributed by atoms with Gasteiger partial charge in [0.2, 0.25) is 0 Å². The van der Waals surface area contributed by atoms with Crippen molar-refractivity contribution in [3.63, 3.8) is 0 Å². The number of urea groups is 1. The first-order valence-electron chi connectivity index (χ1n) is 10.9. The number of benzene rings is 2. The molecule has 1 unspecified atom stereocenters. The zero-order valence-electron chi connectivity index (χ0n) is 18.1. The molecule has 0 bridgehead atoms. The lowest BCUT2D eigenvalue weighted by Gasteiger charge is -2.29. The smallest absolute Gasteiger partial charge is 0.338 e. The summed E-state index contributed by atoms with van der Waals surface area (Å²) in [5.74, 6) is 0.345. The van der Waals surface area contributed by atoms with Crippen LogP contribution in [0.1, 0.15) is 50.3 Å². The van der Waals surface area contributed by atoms with Gasteiger partial charge in [0.15, 0.2) is 0 Å². The second-order valence-electron chi connectivity index (χ2n) is 7.40. The van der Waals surface area contributed by atoms with Crippen molar-refractivity contribution in [2.75, 3.05) is 13.2 Å². The number of nitrogens with one attached hydrogen (secondary N) is 2. The third-order valence-electron chi connectivity index (χ3n) is 5.08. The van der Waals surface area contributed by atoms with Crippen molar-refractivity contribution in [3.8, 4) is 5.75 Å². The highest BCUT2D eigenvalue weighted by Gasteiger charge is 2.33. The quantitative estimate of drug-likeness (QED) is 0.431. The Morgan fingerprint density at radius 1 is 1.00 bits per heavy atom. The molecular formula is C25H30N2O4. The first-order chi connectivity index (χ1) is 15.1. The average Bonchev–Trinajstić information content (AvgIpc) is 2.78. The number of rotatable bonds is 10. The highest BCUT2D eigenvalue weighted by Crippen LogP contribution is 2.30. The zero-order chi connectivity index (χ0) is 22.1. The van der Waals surface area contributed by atoms with Crippen molar-refractivity contribution in [3.05, 3.63) is 77.0 Å². The number of aryl methyl sites for hydroxylation is 1. The van der Waals surface area contributed by atoms with Gasteiger partial charge < -0.3 is 20.1 Å². The summed E-state index contributed by atoms with van der Waals surface area (Å²) in [5.41, 5.74) is 3.18. The number of allylic oxidation sites excluding steroid dienone is 1. The second kappa shape index (κ2) is 11.2. The van der Waals surface area contributed by atoms with Crippen LogP contribution >= 0.6 is 0 Å². The third kappa shape index (κ3) is 6.10. The van der Waals surface area contributed by atoms with Crippen LogP contribution in [-0.2, 0) is 16.0 Å². The van der Waals surface area contributed by atoms with Crippen LogP contribution in [0.4, 0.5) is 4.79 Å². The molecule has 0 spiro atoms. The van der Waals surface area contributed by atoms with E-state index in [1.807, 2.05) is 49.4 Å². The molecule has 0 aliphatic carbocycles. The van der Waals surface area contributed by atoms with E-state index in [2.05, 4.69) is 22.8 Å². The van der Waals surface area contributed by atoms with E-state index in [1.54, 1.807) is 6.92 Å². The van der Waals surface area contributed by atoms with E-state index in [-0.39, 0.29) is 12.6 Å². The SMILES string of the molecule is CCCC1=C(C(=O)OCC)C(c2ccc(OCCCc3ccccc3)cc2)NC(=O)N1. The predicted octanol–water partition coefficient (Wildman–Crippen LogP) is 4.67. The molecular weight excluding hydrogens is 392 g/mol. The van der Waals surface area contributed by atoms with Gasteiger partial charge in [-0.15, -0.1) is 0 Å². The molecule has 1 aliphatic heterocycles. The second-order valence-corrected chi connectivity index (χ2v) is 7.40. The summed E-state index contributed by atoms with van der Waals surface area (Å²) < 4.78 is 11.1. The fraction of sp³-hybridized carbons (Fsp3) is 0.360. The summed E-state index contributed by atoms with van der Waals surface area (Å²) in [7, 11) is 0. The van der Waals surface area contributed by atoms with Crippen molar-refractivity contribution < 1.29 is 19.1 Å². The Labute approximate surface area is 183 Å². The summed E-state index contributed by atoms with van der Waals surface area (Å²) in [5, 5.41) is 5.62. The predicted molar refractivity (Wildman–Crippen MR) is 120 cm³/mol. The number of ether oxygens (including phenoxy) is 2. The van der Waals surface area contributed by atoms with Crippen molar-refractivity contribution in [1.82, 2.24) is 10.6 Å². The molecule has 0 saturated carbocycles. The number of carbonyl (C=O) groups excluding carboxylic acids is 2. The molecule has 2 aromatic rings. The third-order valence-corrected chi connectivity index (χ3v) is 5.08. The van der Waals surface area contributed by atoms with Crippen LogP contribution in [0.5, 0.6) is 5.75 Å². The standard InChI is InChI=1S/C25H30N2O4/c1-3-9-21-22(24(28)30-4-2)23(27-25(29)26-21)19-13-15-20(16-14-19)31-17-8-12-18-10-6-5-7-11-18/h5-7,10-11,13-16,23H,3-4,8-9,12,17H2,1-2H3,(H2,26,27,29). The van der Waals surface area contributed by atoms with Crippen LogP contribution in [0, 0.1) is 0 Å². The van der Waals surface area contributed by atoms with Crippen LogP contribution in [0.3, 0.4) is 0 Å². The normalized spacial score (nSPS) is 15.8. The summed E-state index contributed by atoms with van der Waals surface area (Å²) in [4.78, 5) is 24.8. The zero-order valence-corrected chi connectivity index (χ0v) is 18.1. The molecule has 164 valence electrons. The molecule has 0 fully saturated rings. The lowest BCUT2D eigenvalue weighted by molar-refractivity contribution is -0.139. The Morgan fingerprint density at radius 2 is 1.74 bits per heavy atom. The largest absolute Gasteiger partial charge is 0.494 e. The molecule has 6 heteroatoms. The van der Waals surface area contributed by atoms with Gasteiger partial charge in [-0.1, -0.05) is 55.8 Å². The maximum absolute atomic E-state index is 12.6. The Morgan fingerprint density at radius 3 is 2.42 bits per heavy atom. The summed E-state index contributed by atoms with van der Waals surface area (Å²) in [6.45, 7) is 4.67. The van der Waals surface area contributed by atoms with E-state index in [0.29, 0.717) is 24.3 Å². The van der Waals surface area contributed by atoms with Crippen LogP contribution in [0.15, 0.2) is 65.9 Å². The number of hydrogen-bond donors (Lipinski definition) is 2. The van der Waals surface area contributed by atoms with Crippen LogP contribution < -0.4 is 15.4 Å². The van der Waals surface area contributed by atoms with Crippen molar-refractivity contribution in [2.24, 2.45) is 0 Å². The van der Waals surface area contributed by atoms with Gasteiger partial charge in [-0.05, 0) is 49.4 Å². The molecule has 1 aliphatic rings. The molecule has 2 aromatic carbocycles. The maximum atomic E-state index is 12.6. The maximum Gasteiger partial charge on any atom is 0.338 e. The van der Waals surface area contributed by atoms with Crippen molar-refractivity contribution >= 4 is 12.0 Å². The summed E-state index contributed by atoms with van der Waals surface area (Å²) in [6.07, 6.45) is 3.29. The topological polar surface area (TPSA) is 76.7 Å². The minimum Gasteiger partial charge on any atom is -0.494 e. The molecule has 31 heavy (non-hydrogen) atoms. The van der Waals surface area contributed by atoms with Gasteiger partial charge in [-0.25, -0.2) is 9.59 Å². The van der Waals surface area contributed by atoms with Gasteiger partial charge in [0.05, 0.1) is 24.8 Å². The van der Waals surface area contributed by atoms with Gasteiger partial charge >= 0.3 is 12.0 Å². The van der Waals surface area contributed by atoms with E-state index in [4.69, 9.17) is 9.47 Å². The monoisotopic (exact) mass is 422 g/mol. The van der Waals surface area contributed by atoms with E-state index in [9.17, 15) is 9.59 Å². The first-order valence-corrected chi connectivity index (χ1v) is 10.9. The van der Waals surface area contributed by atoms with Gasteiger partial charge in [-0.3, -0.25) is 0 Å². The van der Waals surface area contributed by atoms with Gasteiger partial charge in [-0.2, -0.15) is 0 Å². The fourth-order valence-corrected chi connectivity index (χ4v) is 3.63. The van der Waals surface area contributed by atoms with Crippen molar-refractivity contribution in [1.29, 1.82) is 0 Å². The lowest BCUT2D eigenvalue weighted by Crippen LogP contribution is -2.46. The van der Waals surface area contributed by atoms with E-state index in [0.717, 1.165) is 30.6 Å². The first kappa shape index (κ1) is 22.4. The van der Waals surface area contributed by atoms with Gasteiger partial charge in [0, 0.05) is 5.70 Å². The average molecular weight is 423 g/mol. The van der Waals surface area contributed by atoms with Crippen LogP contribution in [0.25, 0.3) is 0 Å². The number of carbonyl (C=O) groups is 2. The van der Waals surface area contributed by atoms with Crippen LogP contribution in [0.2, 0.25) is 0 Å². The number of amides is 2. The molecule has 6 nitrogen and oxygen atoms in total. The minimum atomic E-state index is -0.554. The Bertz CT molecular complexity index is 907. The molecule has 0 saturated heterocycles. The highest BCUT2D eigenvalue weighted by atomic mass is 16.5. The molecule has 0 radical (unpaired) electrons. The van der Waals surface area contributed by atoms with Crippen LogP contribution in [-0.4, -0.2) is 25.2 Å². The number of esters is 1. The molecule has 2 N–H and O–H groups in total. The fourth-order valence-electron chi connectivity index (χ4n) is 3.63. The van der Waals surface area contributed by atoms with Gasteiger partial charge in [0.25, 0.3) is 0 Å². The molecule has 1 heterocycles. The Balaban J connectivity index is 1.68. The van der Waals surface area contributed by atoms with E-state index >= 15 is 0 Å². The summed E-state index contributed by atoms with van der Waals surface area (Å²) in [6, 6.07) is 17.0. The molecule has 1 atom stereocenters. The van der Waals surface area contributed by atoms with Gasteiger partial charge in [0.1, 0.15) is 5.75 Å². The number of hydrogen-bond acceptors (Lipinski definition) is 4. The highest BCUT2D eigenvalue weighted by molar-refractivity contribution is 5.95. The van der Waals surface area contributed by atoms with E-state index in [1.165, 1.54) is 5.56 Å². The summed E-state index contributed by atoms with van der Waals surface area (Å²) >= 11 is 0. The molecule has 2 amide bonds. The molecule has 0 aromatic heterocycles. The minimum absolute atomic E-state index is 0.276. The Hall–Kier alpha value is -3.28. The van der Waals surface area contributed by atoms with Crippen molar-refractivity contribution in [2.45, 2.75) is 45.6 Å². The lowest BCUT2D eigenvalue weighted by atomic mass is 9.94.